The molecule has 0 unspecified atom stereocenters. The fourth-order valence-corrected chi connectivity index (χ4v) is 4.68. The van der Waals surface area contributed by atoms with Crippen LogP contribution < -0.4 is 16.6 Å². The number of benzene rings is 2. The highest BCUT2D eigenvalue weighted by Crippen LogP contribution is 2.26. The maximum absolute atomic E-state index is 13.3. The Bertz CT molecular complexity index is 1420. The van der Waals surface area contributed by atoms with Gasteiger partial charge in [-0.2, -0.15) is 0 Å². The Kier molecular flexibility index (Phi) is 5.94. The van der Waals surface area contributed by atoms with Crippen molar-refractivity contribution in [1.29, 1.82) is 0 Å². The van der Waals surface area contributed by atoms with Gasteiger partial charge in [0.05, 0.1) is 16.4 Å². The molecule has 11 heteroatoms. The lowest BCUT2D eigenvalue weighted by atomic mass is 10.3. The molecule has 0 aliphatic carbocycles. The molecular weight excluding hydrogens is 463 g/mol. The zero-order chi connectivity index (χ0) is 22.1. The van der Waals surface area contributed by atoms with Crippen molar-refractivity contribution in [3.63, 3.8) is 0 Å². The number of nitrogens with zero attached hydrogens (tertiary/aromatic N) is 3. The number of carbonyl (C=O) groups is 1. The van der Waals surface area contributed by atoms with Gasteiger partial charge >= 0.3 is 5.69 Å². The van der Waals surface area contributed by atoms with Crippen molar-refractivity contribution in [3.8, 4) is 5.69 Å². The molecule has 2 aromatic carbocycles. The van der Waals surface area contributed by atoms with E-state index in [1.807, 2.05) is 0 Å². The van der Waals surface area contributed by atoms with Crippen LogP contribution in [-0.2, 0) is 11.3 Å². The number of carbonyl (C=O) groups excluding carboxylic acids is 1. The van der Waals surface area contributed by atoms with Gasteiger partial charge < -0.3 is 5.32 Å². The third kappa shape index (κ3) is 4.14. The third-order valence-corrected chi connectivity index (χ3v) is 6.69. The van der Waals surface area contributed by atoms with Crippen molar-refractivity contribution in [2.45, 2.75) is 10.9 Å². The van der Waals surface area contributed by atoms with Gasteiger partial charge in [0.25, 0.3) is 5.56 Å². The summed E-state index contributed by atoms with van der Waals surface area (Å²) < 4.78 is 16.3. The lowest BCUT2D eigenvalue weighted by molar-refractivity contribution is -0.116. The Morgan fingerprint density at radius 3 is 2.65 bits per heavy atom. The predicted octanol–water partition coefficient (Wildman–Crippen LogP) is 3.76. The van der Waals surface area contributed by atoms with Crippen LogP contribution in [0.25, 0.3) is 16.0 Å². The van der Waals surface area contributed by atoms with E-state index in [-0.39, 0.29) is 21.1 Å². The maximum Gasteiger partial charge on any atom is 0.337 e. The van der Waals surface area contributed by atoms with Gasteiger partial charge in [-0.05, 0) is 36.6 Å². The van der Waals surface area contributed by atoms with Crippen molar-refractivity contribution in [2.24, 2.45) is 0 Å². The summed E-state index contributed by atoms with van der Waals surface area (Å²) in [6.07, 6.45) is 1.80. The van der Waals surface area contributed by atoms with Crippen molar-refractivity contribution >= 4 is 56.6 Å². The summed E-state index contributed by atoms with van der Waals surface area (Å²) in [5, 5.41) is 2.58. The van der Waals surface area contributed by atoms with Crippen LogP contribution in [0.2, 0.25) is 5.02 Å². The molecule has 4 rings (SSSR count). The van der Waals surface area contributed by atoms with Crippen LogP contribution in [0.15, 0.2) is 62.5 Å². The van der Waals surface area contributed by atoms with Gasteiger partial charge in [0, 0.05) is 0 Å². The van der Waals surface area contributed by atoms with Gasteiger partial charge in [0.15, 0.2) is 9.99 Å². The first-order chi connectivity index (χ1) is 14.9. The summed E-state index contributed by atoms with van der Waals surface area (Å²) in [5.41, 5.74) is -0.466. The molecule has 0 bridgehead atoms. The van der Waals surface area contributed by atoms with Crippen LogP contribution in [-0.4, -0.2) is 26.3 Å². The summed E-state index contributed by atoms with van der Waals surface area (Å²) in [5.74, 6) is -1.11. The van der Waals surface area contributed by atoms with E-state index in [0.29, 0.717) is 10.0 Å². The Balaban J connectivity index is 1.82. The molecular formula is C20H14ClFN4O3S2. The minimum atomic E-state index is -0.693. The number of hydrogen-bond donors (Lipinski definition) is 1. The van der Waals surface area contributed by atoms with Crippen LogP contribution in [0.3, 0.4) is 0 Å². The molecule has 1 N–H and O–H groups in total. The molecule has 31 heavy (non-hydrogen) atoms. The van der Waals surface area contributed by atoms with Gasteiger partial charge in [-0.1, -0.05) is 41.6 Å². The molecule has 158 valence electrons. The molecule has 4 aromatic rings. The predicted molar refractivity (Wildman–Crippen MR) is 121 cm³/mol. The quantitative estimate of drug-likeness (QED) is 0.443. The summed E-state index contributed by atoms with van der Waals surface area (Å²) in [6, 6.07) is 12.0. The first-order valence-electron chi connectivity index (χ1n) is 8.89. The summed E-state index contributed by atoms with van der Waals surface area (Å²) in [7, 11) is 0. The molecule has 0 spiro atoms. The van der Waals surface area contributed by atoms with Gasteiger partial charge in [-0.15, -0.1) is 11.3 Å². The van der Waals surface area contributed by atoms with E-state index in [0.717, 1.165) is 32.6 Å². The molecule has 0 saturated carbocycles. The number of fused-ring (bicyclic) bond motifs is 1. The fraction of sp³-hybridized carbons (Fsp3) is 0.100. The summed E-state index contributed by atoms with van der Waals surface area (Å²) >= 11 is 8.46. The van der Waals surface area contributed by atoms with Gasteiger partial charge in [0.2, 0.25) is 5.91 Å². The van der Waals surface area contributed by atoms with Gasteiger partial charge in [0.1, 0.15) is 17.1 Å². The maximum atomic E-state index is 13.3. The van der Waals surface area contributed by atoms with Crippen LogP contribution in [0, 0.1) is 5.82 Å². The molecule has 2 heterocycles. The Morgan fingerprint density at radius 2 is 1.97 bits per heavy atom. The van der Waals surface area contributed by atoms with Gasteiger partial charge in [-0.25, -0.2) is 18.7 Å². The number of rotatable bonds is 5. The number of halogens is 2. The zero-order valence-electron chi connectivity index (χ0n) is 16.0. The molecule has 1 amide bonds. The smallest absolute Gasteiger partial charge is 0.323 e. The highest BCUT2D eigenvalue weighted by molar-refractivity contribution is 8.00. The number of hydrogen-bond acceptors (Lipinski definition) is 6. The number of anilines is 1. The molecule has 2 aromatic heterocycles. The third-order valence-electron chi connectivity index (χ3n) is 4.36. The van der Waals surface area contributed by atoms with Gasteiger partial charge in [-0.3, -0.25) is 14.2 Å². The molecule has 0 fully saturated rings. The molecule has 0 saturated heterocycles. The highest BCUT2D eigenvalue weighted by Gasteiger charge is 2.20. The Morgan fingerprint density at radius 1 is 1.23 bits per heavy atom. The molecule has 7 nitrogen and oxygen atoms in total. The largest absolute Gasteiger partial charge is 0.337 e. The Labute approximate surface area is 188 Å². The van der Waals surface area contributed by atoms with Crippen LogP contribution in [0.4, 0.5) is 10.1 Å². The number of thiazole rings is 1. The standard InChI is InChI=1S/C20H14ClFN4O3S2/c1-30-19-24-17-16(31-19)18(28)26(12-5-3-2-4-6-12)20(29)25(17)10-15(27)23-14-8-7-11(22)9-13(14)21/h2-9H,10H2,1H3,(H,23,27). The normalized spacial score (nSPS) is 11.1. The zero-order valence-corrected chi connectivity index (χ0v) is 18.4. The van der Waals surface area contributed by atoms with E-state index in [1.54, 1.807) is 36.6 Å². The Hall–Kier alpha value is -2.95. The van der Waals surface area contributed by atoms with Crippen molar-refractivity contribution in [2.75, 3.05) is 11.6 Å². The first kappa shape index (κ1) is 21.3. The van der Waals surface area contributed by atoms with Crippen molar-refractivity contribution in [3.05, 3.63) is 80.2 Å². The van der Waals surface area contributed by atoms with E-state index >= 15 is 0 Å². The van der Waals surface area contributed by atoms with E-state index in [4.69, 9.17) is 11.6 Å². The van der Waals surface area contributed by atoms with E-state index < -0.39 is 29.5 Å². The number of para-hydroxylation sites is 1. The van der Waals surface area contributed by atoms with Crippen LogP contribution >= 0.6 is 34.7 Å². The molecule has 0 aliphatic heterocycles. The number of nitrogens with one attached hydrogen (secondary N) is 1. The van der Waals surface area contributed by atoms with Crippen molar-refractivity contribution in [1.82, 2.24) is 14.1 Å². The fourth-order valence-electron chi connectivity index (χ4n) is 2.97. The minimum absolute atomic E-state index is 0.0263. The average molecular weight is 477 g/mol. The average Bonchev–Trinajstić information content (AvgIpc) is 3.19. The summed E-state index contributed by atoms with van der Waals surface area (Å²) in [6.45, 7) is -0.409. The number of thioether (sulfide) groups is 1. The monoisotopic (exact) mass is 476 g/mol. The lowest BCUT2D eigenvalue weighted by Crippen LogP contribution is -2.40. The number of aromatic nitrogens is 3. The second-order valence-electron chi connectivity index (χ2n) is 6.35. The molecule has 0 radical (unpaired) electrons. The van der Waals surface area contributed by atoms with E-state index in [1.165, 1.54) is 17.8 Å². The topological polar surface area (TPSA) is 86.0 Å². The SMILES string of the molecule is CSc1nc2c(s1)c(=O)n(-c1ccccc1)c(=O)n2CC(=O)Nc1ccc(F)cc1Cl. The van der Waals surface area contributed by atoms with Crippen LogP contribution in [0.5, 0.6) is 0 Å². The second-order valence-corrected chi connectivity index (χ2v) is 8.81. The molecule has 0 atom stereocenters. The lowest BCUT2D eigenvalue weighted by Gasteiger charge is -2.12. The van der Waals surface area contributed by atoms with E-state index in [2.05, 4.69) is 10.3 Å². The molecule has 0 aliphatic rings. The number of amides is 1. The highest BCUT2D eigenvalue weighted by atomic mass is 35.5. The van der Waals surface area contributed by atoms with Crippen molar-refractivity contribution < 1.29 is 9.18 Å². The first-order valence-corrected chi connectivity index (χ1v) is 11.3. The minimum Gasteiger partial charge on any atom is -0.323 e. The summed E-state index contributed by atoms with van der Waals surface area (Å²) in [4.78, 5) is 43.3. The second kappa shape index (κ2) is 8.66. The van der Waals surface area contributed by atoms with E-state index in [9.17, 15) is 18.8 Å². The van der Waals surface area contributed by atoms with Crippen LogP contribution in [0.1, 0.15) is 0 Å².